The summed E-state index contributed by atoms with van der Waals surface area (Å²) in [6.45, 7) is 0. The van der Waals surface area contributed by atoms with Crippen molar-refractivity contribution in [3.8, 4) is 0 Å². The Morgan fingerprint density at radius 2 is 1.91 bits per heavy atom. The van der Waals surface area contributed by atoms with Crippen LogP contribution in [0.25, 0.3) is 16.3 Å². The molecule has 0 saturated carbocycles. The van der Waals surface area contributed by atoms with Crippen LogP contribution in [0.15, 0.2) is 64.1 Å². The molecule has 0 bridgehead atoms. The van der Waals surface area contributed by atoms with Crippen molar-refractivity contribution in [1.29, 1.82) is 0 Å². The number of fused-ring (bicyclic) bond motifs is 1. The SMILES string of the molecule is Cn1c(=NC(=O)/C=C/c2ccc(Br)cc2)sc2ccccc21. The molecule has 0 saturated heterocycles. The molecule has 1 amide bonds. The minimum atomic E-state index is -0.259. The lowest BCUT2D eigenvalue weighted by molar-refractivity contribution is -0.113. The van der Waals surface area contributed by atoms with Gasteiger partial charge >= 0.3 is 0 Å². The van der Waals surface area contributed by atoms with E-state index >= 15 is 0 Å². The van der Waals surface area contributed by atoms with Gasteiger partial charge in [0, 0.05) is 17.6 Å². The van der Waals surface area contributed by atoms with Crippen molar-refractivity contribution >= 4 is 49.5 Å². The van der Waals surface area contributed by atoms with Crippen LogP contribution in [0.4, 0.5) is 0 Å². The molecule has 1 aromatic heterocycles. The first-order valence-corrected chi connectivity index (χ1v) is 8.31. The molecule has 5 heteroatoms. The van der Waals surface area contributed by atoms with E-state index in [1.54, 1.807) is 6.08 Å². The van der Waals surface area contributed by atoms with Gasteiger partial charge in [0.2, 0.25) is 0 Å². The fourth-order valence-corrected chi connectivity index (χ4v) is 3.35. The van der Waals surface area contributed by atoms with Crippen molar-refractivity contribution in [2.45, 2.75) is 0 Å². The summed E-state index contributed by atoms with van der Waals surface area (Å²) in [5, 5.41) is 0. The van der Waals surface area contributed by atoms with Gasteiger partial charge in [-0.15, -0.1) is 0 Å². The molecule has 3 aromatic rings. The van der Waals surface area contributed by atoms with Crippen LogP contribution in [0.2, 0.25) is 0 Å². The van der Waals surface area contributed by atoms with Gasteiger partial charge in [-0.1, -0.05) is 51.5 Å². The third-order valence-electron chi connectivity index (χ3n) is 3.21. The Bertz CT molecular complexity index is 920. The van der Waals surface area contributed by atoms with E-state index in [9.17, 15) is 4.79 Å². The highest BCUT2D eigenvalue weighted by molar-refractivity contribution is 9.10. The fourth-order valence-electron chi connectivity index (χ4n) is 2.06. The van der Waals surface area contributed by atoms with Crippen LogP contribution < -0.4 is 4.80 Å². The van der Waals surface area contributed by atoms with Gasteiger partial charge in [-0.2, -0.15) is 4.99 Å². The quantitative estimate of drug-likeness (QED) is 0.622. The highest BCUT2D eigenvalue weighted by Gasteiger charge is 2.02. The zero-order chi connectivity index (χ0) is 15.5. The molecule has 0 aliphatic rings. The Morgan fingerprint density at radius 1 is 1.18 bits per heavy atom. The standard InChI is InChI=1S/C17H13BrN2OS/c1-20-14-4-2-3-5-15(14)22-17(20)19-16(21)11-8-12-6-9-13(18)10-7-12/h2-11H,1H3/b11-8+,19-17?. The first-order chi connectivity index (χ1) is 10.6. The fraction of sp³-hybridized carbons (Fsp3) is 0.0588. The third-order valence-corrected chi connectivity index (χ3v) is 4.85. The second kappa shape index (κ2) is 6.42. The largest absolute Gasteiger partial charge is 0.319 e. The number of amides is 1. The zero-order valence-corrected chi connectivity index (χ0v) is 14.3. The first kappa shape index (κ1) is 14.9. The topological polar surface area (TPSA) is 34.4 Å². The van der Waals surface area contributed by atoms with E-state index in [1.807, 2.05) is 60.1 Å². The normalized spacial score (nSPS) is 12.4. The zero-order valence-electron chi connectivity index (χ0n) is 11.9. The van der Waals surface area contributed by atoms with Crippen molar-refractivity contribution in [2.75, 3.05) is 0 Å². The maximum Gasteiger partial charge on any atom is 0.272 e. The van der Waals surface area contributed by atoms with Gasteiger partial charge in [-0.05, 0) is 35.9 Å². The second-order valence-corrected chi connectivity index (χ2v) is 6.67. The minimum Gasteiger partial charge on any atom is -0.319 e. The van der Waals surface area contributed by atoms with Crippen molar-refractivity contribution in [1.82, 2.24) is 4.57 Å². The third kappa shape index (κ3) is 3.26. The van der Waals surface area contributed by atoms with E-state index in [0.717, 1.165) is 20.3 Å². The molecule has 22 heavy (non-hydrogen) atoms. The molecule has 3 nitrogen and oxygen atoms in total. The van der Waals surface area contributed by atoms with Gasteiger partial charge < -0.3 is 4.57 Å². The number of carbonyl (C=O) groups is 1. The van der Waals surface area contributed by atoms with Crippen molar-refractivity contribution in [3.63, 3.8) is 0 Å². The number of hydrogen-bond acceptors (Lipinski definition) is 2. The number of aromatic nitrogens is 1. The van der Waals surface area contributed by atoms with E-state index in [1.165, 1.54) is 17.4 Å². The molecule has 0 atom stereocenters. The number of rotatable bonds is 2. The van der Waals surface area contributed by atoms with Crippen molar-refractivity contribution in [2.24, 2.45) is 12.0 Å². The number of carbonyl (C=O) groups excluding carboxylic acids is 1. The van der Waals surface area contributed by atoms with Crippen molar-refractivity contribution in [3.05, 3.63) is 69.4 Å². The summed E-state index contributed by atoms with van der Waals surface area (Å²) in [5.74, 6) is -0.259. The van der Waals surface area contributed by atoms with E-state index in [0.29, 0.717) is 4.80 Å². The minimum absolute atomic E-state index is 0.259. The average molecular weight is 373 g/mol. The number of hydrogen-bond donors (Lipinski definition) is 0. The Kier molecular flexibility index (Phi) is 4.36. The lowest BCUT2D eigenvalue weighted by atomic mass is 10.2. The molecule has 110 valence electrons. The van der Waals surface area contributed by atoms with Crippen LogP contribution in [0.5, 0.6) is 0 Å². The summed E-state index contributed by atoms with van der Waals surface area (Å²) in [6.07, 6.45) is 3.26. The summed E-state index contributed by atoms with van der Waals surface area (Å²) in [5.41, 5.74) is 2.04. The van der Waals surface area contributed by atoms with Gasteiger partial charge in [0.25, 0.3) is 5.91 Å². The number of thiazole rings is 1. The summed E-state index contributed by atoms with van der Waals surface area (Å²) in [6, 6.07) is 15.8. The molecular formula is C17H13BrN2OS. The van der Waals surface area contributed by atoms with E-state index < -0.39 is 0 Å². The van der Waals surface area contributed by atoms with Gasteiger partial charge in [-0.3, -0.25) is 4.79 Å². The molecule has 0 radical (unpaired) electrons. The predicted molar refractivity (Wildman–Crippen MR) is 94.5 cm³/mol. The van der Waals surface area contributed by atoms with Gasteiger partial charge in [0.05, 0.1) is 10.2 Å². The average Bonchev–Trinajstić information content (AvgIpc) is 2.83. The molecule has 0 aliphatic carbocycles. The second-order valence-electron chi connectivity index (χ2n) is 4.75. The Hall–Kier alpha value is -1.98. The molecule has 2 aromatic carbocycles. The Balaban J connectivity index is 1.88. The first-order valence-electron chi connectivity index (χ1n) is 6.70. The van der Waals surface area contributed by atoms with Crippen LogP contribution in [-0.2, 0) is 11.8 Å². The number of halogens is 1. The maximum atomic E-state index is 12.0. The Morgan fingerprint density at radius 3 is 2.64 bits per heavy atom. The van der Waals surface area contributed by atoms with Crippen LogP contribution in [0.3, 0.4) is 0 Å². The predicted octanol–water partition coefficient (Wildman–Crippen LogP) is 4.14. The lowest BCUT2D eigenvalue weighted by Crippen LogP contribution is -2.12. The number of para-hydroxylation sites is 1. The van der Waals surface area contributed by atoms with Gasteiger partial charge in [0.1, 0.15) is 0 Å². The Labute approximate surface area is 140 Å². The summed E-state index contributed by atoms with van der Waals surface area (Å²) in [7, 11) is 1.92. The molecule has 0 spiro atoms. The molecule has 3 rings (SSSR count). The van der Waals surface area contributed by atoms with E-state index in [4.69, 9.17) is 0 Å². The summed E-state index contributed by atoms with van der Waals surface area (Å²) in [4.78, 5) is 16.9. The number of aryl methyl sites for hydroxylation is 1. The molecule has 0 unspecified atom stereocenters. The molecular weight excluding hydrogens is 360 g/mol. The van der Waals surface area contributed by atoms with Gasteiger partial charge in [-0.25, -0.2) is 0 Å². The maximum absolute atomic E-state index is 12.0. The highest BCUT2D eigenvalue weighted by Crippen LogP contribution is 2.15. The number of benzene rings is 2. The molecule has 0 aliphatic heterocycles. The van der Waals surface area contributed by atoms with Crippen molar-refractivity contribution < 1.29 is 4.79 Å². The van der Waals surface area contributed by atoms with Crippen LogP contribution in [-0.4, -0.2) is 10.5 Å². The molecule has 0 fully saturated rings. The monoisotopic (exact) mass is 372 g/mol. The van der Waals surface area contributed by atoms with Crippen LogP contribution >= 0.6 is 27.3 Å². The highest BCUT2D eigenvalue weighted by atomic mass is 79.9. The lowest BCUT2D eigenvalue weighted by Gasteiger charge is -1.94. The molecule has 1 heterocycles. The van der Waals surface area contributed by atoms with Crippen LogP contribution in [0, 0.1) is 0 Å². The van der Waals surface area contributed by atoms with Gasteiger partial charge in [0.15, 0.2) is 4.80 Å². The molecule has 0 N–H and O–H groups in total. The summed E-state index contributed by atoms with van der Waals surface area (Å²) >= 11 is 4.89. The van der Waals surface area contributed by atoms with E-state index in [2.05, 4.69) is 20.9 Å². The summed E-state index contributed by atoms with van der Waals surface area (Å²) < 4.78 is 4.07. The van der Waals surface area contributed by atoms with E-state index in [-0.39, 0.29) is 5.91 Å². The smallest absolute Gasteiger partial charge is 0.272 e. The number of nitrogens with zero attached hydrogens (tertiary/aromatic N) is 2. The van der Waals surface area contributed by atoms with Crippen LogP contribution in [0.1, 0.15) is 5.56 Å².